The largest absolute Gasteiger partial charge is 0.494 e. The third-order valence-electron chi connectivity index (χ3n) is 4.33. The van der Waals surface area contributed by atoms with Crippen LogP contribution in [0, 0.1) is 6.92 Å². The minimum Gasteiger partial charge on any atom is -0.494 e. The zero-order chi connectivity index (χ0) is 22.2. The third kappa shape index (κ3) is 6.58. The van der Waals surface area contributed by atoms with Gasteiger partial charge in [-0.3, -0.25) is 9.59 Å². The lowest BCUT2D eigenvalue weighted by Gasteiger charge is -2.08. The quantitative estimate of drug-likeness (QED) is 0.496. The average Bonchev–Trinajstić information content (AvgIpc) is 3.07. The molecule has 162 valence electrons. The summed E-state index contributed by atoms with van der Waals surface area (Å²) in [5.41, 5.74) is 2.51. The number of ether oxygens (including phenoxy) is 1. The molecule has 2 N–H and O–H groups in total. The van der Waals surface area contributed by atoms with E-state index < -0.39 is 0 Å². The van der Waals surface area contributed by atoms with E-state index in [1.165, 1.54) is 11.8 Å². The van der Waals surface area contributed by atoms with E-state index in [1.807, 2.05) is 38.1 Å². The van der Waals surface area contributed by atoms with Crippen LogP contribution in [0.25, 0.3) is 0 Å². The number of thioether (sulfide) groups is 1. The molecule has 9 heteroatoms. The number of benzene rings is 2. The van der Waals surface area contributed by atoms with Crippen LogP contribution in [0.3, 0.4) is 0 Å². The molecule has 0 spiro atoms. The van der Waals surface area contributed by atoms with E-state index in [1.54, 1.807) is 35.9 Å². The molecule has 0 radical (unpaired) electrons. The molecule has 8 nitrogen and oxygen atoms in total. The molecule has 0 bridgehead atoms. The van der Waals surface area contributed by atoms with Gasteiger partial charge in [-0.1, -0.05) is 23.9 Å². The molecular formula is C22H25N5O3S. The van der Waals surface area contributed by atoms with Crippen molar-refractivity contribution in [1.82, 2.24) is 14.8 Å². The number of aromatic nitrogens is 3. The maximum Gasteiger partial charge on any atom is 0.234 e. The van der Waals surface area contributed by atoms with E-state index in [2.05, 4.69) is 20.8 Å². The molecule has 1 heterocycles. The van der Waals surface area contributed by atoms with Crippen LogP contribution in [0.5, 0.6) is 5.75 Å². The van der Waals surface area contributed by atoms with Gasteiger partial charge < -0.3 is 19.9 Å². The molecule has 31 heavy (non-hydrogen) atoms. The SMILES string of the molecule is CCOc1ccc(NC(=O)Cc2nnc(SCC(=O)Nc3cccc(C)c3)n2C)cc1. The molecule has 0 aliphatic carbocycles. The van der Waals surface area contributed by atoms with Gasteiger partial charge in [0.25, 0.3) is 0 Å². The van der Waals surface area contributed by atoms with Crippen LogP contribution < -0.4 is 15.4 Å². The minimum absolute atomic E-state index is 0.0762. The summed E-state index contributed by atoms with van der Waals surface area (Å²) in [6.07, 6.45) is 0.0762. The number of carbonyl (C=O) groups excluding carboxylic acids is 2. The van der Waals surface area contributed by atoms with Crippen molar-refractivity contribution in [2.75, 3.05) is 23.0 Å². The molecule has 2 aromatic carbocycles. The minimum atomic E-state index is -0.201. The van der Waals surface area contributed by atoms with Crippen molar-refractivity contribution in [3.05, 3.63) is 59.9 Å². The highest BCUT2D eigenvalue weighted by molar-refractivity contribution is 7.99. The van der Waals surface area contributed by atoms with Gasteiger partial charge in [-0.05, 0) is 55.8 Å². The molecular weight excluding hydrogens is 414 g/mol. The highest BCUT2D eigenvalue weighted by Crippen LogP contribution is 2.18. The standard InChI is InChI=1S/C22H25N5O3S/c1-4-30-18-10-8-16(9-11-18)23-20(28)13-19-25-26-22(27(19)3)31-14-21(29)24-17-7-5-6-15(2)12-17/h5-12H,4,13-14H2,1-3H3,(H,23,28)(H,24,29). The van der Waals surface area contributed by atoms with Crippen molar-refractivity contribution >= 4 is 35.0 Å². The summed E-state index contributed by atoms with van der Waals surface area (Å²) >= 11 is 1.27. The fraction of sp³-hybridized carbons (Fsp3) is 0.273. The second-order valence-corrected chi connectivity index (χ2v) is 7.79. The van der Waals surface area contributed by atoms with Crippen LogP contribution in [-0.4, -0.2) is 38.9 Å². The Kier molecular flexibility index (Phi) is 7.66. The van der Waals surface area contributed by atoms with Crippen LogP contribution in [0.4, 0.5) is 11.4 Å². The Balaban J connectivity index is 1.51. The molecule has 0 fully saturated rings. The van der Waals surface area contributed by atoms with Gasteiger partial charge in [0.1, 0.15) is 11.6 Å². The molecule has 3 aromatic rings. The van der Waals surface area contributed by atoms with Gasteiger partial charge >= 0.3 is 0 Å². The van der Waals surface area contributed by atoms with Gasteiger partial charge in [-0.15, -0.1) is 10.2 Å². The summed E-state index contributed by atoms with van der Waals surface area (Å²) < 4.78 is 7.12. The van der Waals surface area contributed by atoms with Gasteiger partial charge in [-0.25, -0.2) is 0 Å². The summed E-state index contributed by atoms with van der Waals surface area (Å²) in [5, 5.41) is 14.5. The zero-order valence-electron chi connectivity index (χ0n) is 17.7. The van der Waals surface area contributed by atoms with Crippen LogP contribution >= 0.6 is 11.8 Å². The first-order valence-electron chi connectivity index (χ1n) is 9.85. The Labute approximate surface area is 185 Å². The highest BCUT2D eigenvalue weighted by Gasteiger charge is 2.15. The molecule has 0 aliphatic rings. The Morgan fingerprint density at radius 2 is 1.77 bits per heavy atom. The van der Waals surface area contributed by atoms with Gasteiger partial charge in [-0.2, -0.15) is 0 Å². The summed E-state index contributed by atoms with van der Waals surface area (Å²) in [6, 6.07) is 14.8. The fourth-order valence-corrected chi connectivity index (χ4v) is 3.55. The Morgan fingerprint density at radius 1 is 1.03 bits per heavy atom. The molecule has 1 aromatic heterocycles. The molecule has 0 saturated carbocycles. The first kappa shape index (κ1) is 22.4. The number of nitrogens with zero attached hydrogens (tertiary/aromatic N) is 3. The number of hydrogen-bond donors (Lipinski definition) is 2. The maximum atomic E-state index is 12.4. The van der Waals surface area contributed by atoms with Crippen molar-refractivity contribution in [2.24, 2.45) is 7.05 Å². The first-order chi connectivity index (χ1) is 14.9. The molecule has 3 rings (SSSR count). The first-order valence-corrected chi connectivity index (χ1v) is 10.8. The summed E-state index contributed by atoms with van der Waals surface area (Å²) in [7, 11) is 1.78. The number of carbonyl (C=O) groups is 2. The predicted molar refractivity (Wildman–Crippen MR) is 121 cm³/mol. The number of amides is 2. The lowest BCUT2D eigenvalue weighted by Crippen LogP contribution is -2.17. The molecule has 0 unspecified atom stereocenters. The number of hydrogen-bond acceptors (Lipinski definition) is 6. The van der Waals surface area contributed by atoms with Gasteiger partial charge in [0, 0.05) is 18.4 Å². The average molecular weight is 440 g/mol. The maximum absolute atomic E-state index is 12.4. The smallest absolute Gasteiger partial charge is 0.234 e. The van der Waals surface area contributed by atoms with Crippen molar-refractivity contribution in [1.29, 1.82) is 0 Å². The van der Waals surface area contributed by atoms with E-state index in [4.69, 9.17) is 4.74 Å². The number of aryl methyl sites for hydroxylation is 1. The van der Waals surface area contributed by atoms with E-state index in [0.717, 1.165) is 17.0 Å². The Morgan fingerprint density at radius 3 is 2.48 bits per heavy atom. The molecule has 0 atom stereocenters. The number of anilines is 2. The van der Waals surface area contributed by atoms with Crippen molar-refractivity contribution in [3.63, 3.8) is 0 Å². The van der Waals surface area contributed by atoms with Gasteiger partial charge in [0.2, 0.25) is 11.8 Å². The van der Waals surface area contributed by atoms with Gasteiger partial charge in [0.05, 0.1) is 18.8 Å². The van der Waals surface area contributed by atoms with E-state index in [-0.39, 0.29) is 24.0 Å². The second-order valence-electron chi connectivity index (χ2n) is 6.85. The Bertz CT molecular complexity index is 1050. The van der Waals surface area contributed by atoms with Crippen LogP contribution in [-0.2, 0) is 23.1 Å². The summed E-state index contributed by atoms with van der Waals surface area (Å²) in [6.45, 7) is 4.48. The summed E-state index contributed by atoms with van der Waals surface area (Å²) in [5.74, 6) is 1.13. The molecule has 2 amide bonds. The normalized spacial score (nSPS) is 10.5. The number of nitrogens with one attached hydrogen (secondary N) is 2. The topological polar surface area (TPSA) is 98.1 Å². The lowest BCUT2D eigenvalue weighted by molar-refractivity contribution is -0.116. The zero-order valence-corrected chi connectivity index (χ0v) is 18.5. The van der Waals surface area contributed by atoms with Crippen LogP contribution in [0.2, 0.25) is 0 Å². The van der Waals surface area contributed by atoms with E-state index in [9.17, 15) is 9.59 Å². The van der Waals surface area contributed by atoms with E-state index in [0.29, 0.717) is 23.3 Å². The second kappa shape index (κ2) is 10.6. The van der Waals surface area contributed by atoms with Crippen molar-refractivity contribution < 1.29 is 14.3 Å². The van der Waals surface area contributed by atoms with Crippen LogP contribution in [0.15, 0.2) is 53.7 Å². The van der Waals surface area contributed by atoms with Gasteiger partial charge in [0.15, 0.2) is 5.16 Å². The Hall–Kier alpha value is -3.33. The predicted octanol–water partition coefficient (Wildman–Crippen LogP) is 3.43. The third-order valence-corrected chi connectivity index (χ3v) is 5.35. The van der Waals surface area contributed by atoms with Crippen molar-refractivity contribution in [3.8, 4) is 5.75 Å². The molecule has 0 aliphatic heterocycles. The highest BCUT2D eigenvalue weighted by atomic mass is 32.2. The lowest BCUT2D eigenvalue weighted by atomic mass is 10.2. The van der Waals surface area contributed by atoms with Crippen LogP contribution in [0.1, 0.15) is 18.3 Å². The van der Waals surface area contributed by atoms with E-state index >= 15 is 0 Å². The fourth-order valence-electron chi connectivity index (χ4n) is 2.82. The van der Waals surface area contributed by atoms with Crippen molar-refractivity contribution in [2.45, 2.75) is 25.4 Å². The number of rotatable bonds is 9. The molecule has 0 saturated heterocycles. The summed E-state index contributed by atoms with van der Waals surface area (Å²) in [4.78, 5) is 24.6. The monoisotopic (exact) mass is 439 g/mol.